The lowest BCUT2D eigenvalue weighted by Crippen LogP contribution is -2.44. The number of carbonyl (C=O) groups excluding carboxylic acids is 1. The molecule has 0 atom stereocenters. The minimum Gasteiger partial charge on any atom is -0.480 e. The molecular weight excluding hydrogens is 232 g/mol. The number of aliphatic carboxylic acids is 1. The molecule has 0 heterocycles. The smallest absolute Gasteiger partial charge is 0.323 e. The fraction of sp³-hybridized carbons (Fsp3) is 0.692. The molecule has 0 unspecified atom stereocenters. The average Bonchev–Trinajstić information content (AvgIpc) is 2.36. The van der Waals surface area contributed by atoms with Gasteiger partial charge in [0.2, 0.25) is 0 Å². The van der Waals surface area contributed by atoms with E-state index in [1.54, 1.807) is 0 Å². The molecule has 1 fully saturated rings. The third-order valence-corrected chi connectivity index (χ3v) is 3.23. The van der Waals surface area contributed by atoms with E-state index in [4.69, 9.17) is 5.11 Å². The van der Waals surface area contributed by atoms with Crippen molar-refractivity contribution >= 4 is 12.0 Å². The Morgan fingerprint density at radius 3 is 2.56 bits per heavy atom. The lowest BCUT2D eigenvalue weighted by atomic mass is 9.89. The third-order valence-electron chi connectivity index (χ3n) is 3.23. The van der Waals surface area contributed by atoms with Gasteiger partial charge in [0.05, 0.1) is 0 Å². The number of hydrogen-bond donors (Lipinski definition) is 2. The van der Waals surface area contributed by atoms with Gasteiger partial charge in [0.25, 0.3) is 0 Å². The Bertz CT molecular complexity index is 299. The first-order valence-electron chi connectivity index (χ1n) is 6.49. The van der Waals surface area contributed by atoms with Gasteiger partial charge in [-0.15, -0.1) is 6.58 Å². The van der Waals surface area contributed by atoms with Crippen LogP contribution in [-0.4, -0.2) is 41.6 Å². The van der Waals surface area contributed by atoms with E-state index < -0.39 is 5.97 Å². The highest BCUT2D eigenvalue weighted by Crippen LogP contribution is 2.22. The van der Waals surface area contributed by atoms with Gasteiger partial charge in [-0.25, -0.2) is 4.79 Å². The number of carboxylic acids is 1. The number of rotatable bonds is 6. The molecule has 1 rings (SSSR count). The second kappa shape index (κ2) is 7.74. The molecule has 2 amide bonds. The molecule has 0 aromatic carbocycles. The van der Waals surface area contributed by atoms with E-state index in [1.165, 1.54) is 30.2 Å². The molecule has 0 aliphatic heterocycles. The minimum absolute atomic E-state index is 0.253. The Kier molecular flexibility index (Phi) is 6.25. The van der Waals surface area contributed by atoms with Gasteiger partial charge >= 0.3 is 12.0 Å². The first-order valence-corrected chi connectivity index (χ1v) is 6.49. The van der Waals surface area contributed by atoms with Gasteiger partial charge < -0.3 is 15.3 Å². The monoisotopic (exact) mass is 254 g/mol. The average molecular weight is 254 g/mol. The van der Waals surface area contributed by atoms with Crippen molar-refractivity contribution in [2.75, 3.05) is 19.6 Å². The van der Waals surface area contributed by atoms with Crippen molar-refractivity contribution in [2.45, 2.75) is 32.1 Å². The van der Waals surface area contributed by atoms with E-state index >= 15 is 0 Å². The topological polar surface area (TPSA) is 69.6 Å². The van der Waals surface area contributed by atoms with Crippen LogP contribution in [0.4, 0.5) is 4.79 Å². The van der Waals surface area contributed by atoms with Crippen molar-refractivity contribution in [3.05, 3.63) is 12.7 Å². The molecule has 0 aromatic heterocycles. The van der Waals surface area contributed by atoms with Crippen LogP contribution in [0.3, 0.4) is 0 Å². The van der Waals surface area contributed by atoms with Crippen LogP contribution in [0.15, 0.2) is 12.7 Å². The molecule has 0 saturated heterocycles. The van der Waals surface area contributed by atoms with E-state index in [0.717, 1.165) is 12.8 Å². The summed E-state index contributed by atoms with van der Waals surface area (Å²) in [6.45, 7) is 4.13. The number of urea groups is 1. The predicted octanol–water partition coefficient (Wildman–Crippen LogP) is 1.85. The quantitative estimate of drug-likeness (QED) is 0.711. The van der Waals surface area contributed by atoms with Gasteiger partial charge in [0, 0.05) is 13.1 Å². The maximum absolute atomic E-state index is 11.8. The van der Waals surface area contributed by atoms with Gasteiger partial charge in [0.15, 0.2) is 0 Å². The van der Waals surface area contributed by atoms with Crippen LogP contribution < -0.4 is 5.32 Å². The number of carbonyl (C=O) groups is 2. The molecule has 1 aliphatic carbocycles. The summed E-state index contributed by atoms with van der Waals surface area (Å²) in [5.74, 6) is -0.470. The van der Waals surface area contributed by atoms with Crippen molar-refractivity contribution < 1.29 is 14.7 Å². The zero-order valence-electron chi connectivity index (χ0n) is 10.7. The van der Waals surface area contributed by atoms with E-state index in [0.29, 0.717) is 12.5 Å². The van der Waals surface area contributed by atoms with Crippen LogP contribution in [0.5, 0.6) is 0 Å². The molecule has 0 spiro atoms. The van der Waals surface area contributed by atoms with E-state index in [-0.39, 0.29) is 19.1 Å². The minimum atomic E-state index is -1.01. The molecule has 2 N–H and O–H groups in total. The lowest BCUT2D eigenvalue weighted by molar-refractivity contribution is -0.137. The Balaban J connectivity index is 2.35. The predicted molar refractivity (Wildman–Crippen MR) is 69.4 cm³/mol. The highest BCUT2D eigenvalue weighted by molar-refractivity contribution is 5.80. The van der Waals surface area contributed by atoms with Crippen molar-refractivity contribution in [3.63, 3.8) is 0 Å². The molecule has 1 saturated carbocycles. The summed E-state index contributed by atoms with van der Waals surface area (Å²) in [5.41, 5.74) is 0. The van der Waals surface area contributed by atoms with E-state index in [1.807, 2.05) is 0 Å². The molecule has 0 bridgehead atoms. The van der Waals surface area contributed by atoms with Crippen molar-refractivity contribution in [3.8, 4) is 0 Å². The first-order chi connectivity index (χ1) is 8.63. The Morgan fingerprint density at radius 1 is 1.33 bits per heavy atom. The molecule has 0 radical (unpaired) electrons. The normalized spacial score (nSPS) is 16.0. The zero-order chi connectivity index (χ0) is 13.4. The van der Waals surface area contributed by atoms with Gasteiger partial charge in [0.1, 0.15) is 6.54 Å². The standard InChI is InChI=1S/C13H22N2O3/c1-2-8-15(10-12(16)17)13(18)14-9-11-6-4-3-5-7-11/h2,11H,1,3-10H2,(H,14,18)(H,16,17). The van der Waals surface area contributed by atoms with Crippen LogP contribution >= 0.6 is 0 Å². The van der Waals surface area contributed by atoms with E-state index in [9.17, 15) is 9.59 Å². The van der Waals surface area contributed by atoms with Gasteiger partial charge in [-0.3, -0.25) is 4.79 Å². The molecular formula is C13H22N2O3. The van der Waals surface area contributed by atoms with E-state index in [2.05, 4.69) is 11.9 Å². The van der Waals surface area contributed by atoms with Crippen LogP contribution in [0, 0.1) is 5.92 Å². The Hall–Kier alpha value is -1.52. The van der Waals surface area contributed by atoms with Gasteiger partial charge in [-0.2, -0.15) is 0 Å². The lowest BCUT2D eigenvalue weighted by Gasteiger charge is -2.24. The SMILES string of the molecule is C=CCN(CC(=O)O)C(=O)NCC1CCCCC1. The summed E-state index contributed by atoms with van der Waals surface area (Å²) in [7, 11) is 0. The summed E-state index contributed by atoms with van der Waals surface area (Å²) in [6, 6.07) is -0.317. The van der Waals surface area contributed by atoms with Gasteiger partial charge in [-0.05, 0) is 18.8 Å². The van der Waals surface area contributed by atoms with Crippen molar-refractivity contribution in [2.24, 2.45) is 5.92 Å². The molecule has 5 heteroatoms. The number of nitrogens with zero attached hydrogens (tertiary/aromatic N) is 1. The fourth-order valence-electron chi connectivity index (χ4n) is 2.27. The second-order valence-corrected chi connectivity index (χ2v) is 4.75. The van der Waals surface area contributed by atoms with Crippen LogP contribution in [-0.2, 0) is 4.79 Å². The van der Waals surface area contributed by atoms with Crippen molar-refractivity contribution in [1.82, 2.24) is 10.2 Å². The molecule has 1 aliphatic rings. The maximum atomic E-state index is 11.8. The number of nitrogens with one attached hydrogen (secondary N) is 1. The van der Waals surface area contributed by atoms with Crippen LogP contribution in [0.1, 0.15) is 32.1 Å². The zero-order valence-corrected chi connectivity index (χ0v) is 10.7. The first kappa shape index (κ1) is 14.5. The van der Waals surface area contributed by atoms with Crippen molar-refractivity contribution in [1.29, 1.82) is 0 Å². The molecule has 0 aromatic rings. The number of amides is 2. The molecule has 5 nitrogen and oxygen atoms in total. The molecule has 18 heavy (non-hydrogen) atoms. The Morgan fingerprint density at radius 2 is 2.00 bits per heavy atom. The second-order valence-electron chi connectivity index (χ2n) is 4.75. The largest absolute Gasteiger partial charge is 0.480 e. The summed E-state index contributed by atoms with van der Waals surface area (Å²) in [5, 5.41) is 11.5. The van der Waals surface area contributed by atoms with Gasteiger partial charge in [-0.1, -0.05) is 25.3 Å². The summed E-state index contributed by atoms with van der Waals surface area (Å²) >= 11 is 0. The maximum Gasteiger partial charge on any atom is 0.323 e. The highest BCUT2D eigenvalue weighted by atomic mass is 16.4. The number of hydrogen-bond acceptors (Lipinski definition) is 2. The van der Waals surface area contributed by atoms with Crippen LogP contribution in [0.25, 0.3) is 0 Å². The molecule has 102 valence electrons. The Labute approximate surface area is 108 Å². The summed E-state index contributed by atoms with van der Waals surface area (Å²) in [6.07, 6.45) is 7.58. The fourth-order valence-corrected chi connectivity index (χ4v) is 2.27. The van der Waals surface area contributed by atoms with Crippen LogP contribution in [0.2, 0.25) is 0 Å². The highest BCUT2D eigenvalue weighted by Gasteiger charge is 2.18. The third kappa shape index (κ3) is 5.21. The summed E-state index contributed by atoms with van der Waals surface area (Å²) in [4.78, 5) is 23.7. The summed E-state index contributed by atoms with van der Waals surface area (Å²) < 4.78 is 0. The number of carboxylic acid groups (broad SMARTS) is 1.